The van der Waals surface area contributed by atoms with Gasteiger partial charge >= 0.3 is 0 Å². The lowest BCUT2D eigenvalue weighted by Gasteiger charge is -2.26. The zero-order valence-corrected chi connectivity index (χ0v) is 15.4. The van der Waals surface area contributed by atoms with Crippen LogP contribution in [0.5, 0.6) is 11.5 Å². The van der Waals surface area contributed by atoms with Crippen LogP contribution in [0, 0.1) is 5.82 Å². The lowest BCUT2D eigenvalue weighted by atomic mass is 10.1. The molecule has 2 aromatic carbocycles. The summed E-state index contributed by atoms with van der Waals surface area (Å²) in [7, 11) is 1.56. The number of amides is 1. The molecule has 27 heavy (non-hydrogen) atoms. The second-order valence-electron chi connectivity index (χ2n) is 6.48. The summed E-state index contributed by atoms with van der Waals surface area (Å²) in [6, 6.07) is 13.4. The summed E-state index contributed by atoms with van der Waals surface area (Å²) in [4.78, 5) is 14.5. The number of benzene rings is 2. The minimum atomic E-state index is -0.296. The van der Waals surface area contributed by atoms with E-state index in [1.165, 1.54) is 12.1 Å². The van der Waals surface area contributed by atoms with E-state index in [1.54, 1.807) is 36.3 Å². The molecule has 1 atom stereocenters. The van der Waals surface area contributed by atoms with Gasteiger partial charge in [-0.05, 0) is 42.7 Å². The van der Waals surface area contributed by atoms with Crippen LogP contribution < -0.4 is 9.47 Å². The maximum atomic E-state index is 13.2. The molecule has 0 saturated carbocycles. The van der Waals surface area contributed by atoms with Gasteiger partial charge in [0, 0.05) is 19.7 Å². The Labute approximate surface area is 158 Å². The topological polar surface area (TPSA) is 48.0 Å². The molecular weight excluding hydrogens is 349 g/mol. The Morgan fingerprint density at radius 3 is 2.59 bits per heavy atom. The van der Waals surface area contributed by atoms with E-state index in [9.17, 15) is 9.18 Å². The van der Waals surface area contributed by atoms with Crippen LogP contribution in [0.15, 0.2) is 48.5 Å². The third-order valence-corrected chi connectivity index (χ3v) is 4.51. The van der Waals surface area contributed by atoms with E-state index >= 15 is 0 Å². The number of halogens is 1. The van der Waals surface area contributed by atoms with Crippen molar-refractivity contribution in [2.24, 2.45) is 0 Å². The molecule has 0 aliphatic carbocycles. The van der Waals surface area contributed by atoms with Gasteiger partial charge in [-0.15, -0.1) is 0 Å². The van der Waals surface area contributed by atoms with Crippen molar-refractivity contribution in [3.8, 4) is 11.5 Å². The first kappa shape index (κ1) is 19.2. The highest BCUT2D eigenvalue weighted by molar-refractivity contribution is 5.78. The van der Waals surface area contributed by atoms with Gasteiger partial charge in [-0.2, -0.15) is 0 Å². The van der Waals surface area contributed by atoms with Crippen LogP contribution >= 0.6 is 0 Å². The Hall–Kier alpha value is -2.60. The fourth-order valence-electron chi connectivity index (χ4n) is 3.07. The molecule has 0 aromatic heterocycles. The first-order valence-electron chi connectivity index (χ1n) is 9.05. The predicted molar refractivity (Wildman–Crippen MR) is 99.3 cm³/mol. The number of carbonyl (C=O) groups excluding carboxylic acids is 1. The van der Waals surface area contributed by atoms with Gasteiger partial charge in [0.05, 0.1) is 13.2 Å². The second kappa shape index (κ2) is 9.37. The highest BCUT2D eigenvalue weighted by Crippen LogP contribution is 2.26. The maximum absolute atomic E-state index is 13.2. The molecule has 0 radical (unpaired) electrons. The smallest absolute Gasteiger partial charge is 0.260 e. The van der Waals surface area contributed by atoms with Crippen LogP contribution in [0.3, 0.4) is 0 Å². The predicted octanol–water partition coefficient (Wildman–Crippen LogP) is 3.42. The lowest BCUT2D eigenvalue weighted by Crippen LogP contribution is -2.39. The van der Waals surface area contributed by atoms with Crippen LogP contribution in [0.2, 0.25) is 0 Å². The Bertz CT molecular complexity index is 744. The molecular formula is C21H24FNO4. The van der Waals surface area contributed by atoms with Crippen molar-refractivity contribution in [3.05, 3.63) is 59.9 Å². The number of nitrogens with zero attached hydrogens (tertiary/aromatic N) is 1. The van der Waals surface area contributed by atoms with Crippen molar-refractivity contribution in [1.29, 1.82) is 0 Å². The van der Waals surface area contributed by atoms with Crippen LogP contribution in [-0.2, 0) is 16.1 Å². The monoisotopic (exact) mass is 373 g/mol. The molecule has 1 aliphatic heterocycles. The SMILES string of the molecule is COc1ccccc1OCC(=O)N(Cc1ccc(F)cc1)CC1CCCO1. The zero-order valence-electron chi connectivity index (χ0n) is 15.4. The van der Waals surface area contributed by atoms with Gasteiger partial charge in [0.25, 0.3) is 5.91 Å². The number of methoxy groups -OCH3 is 1. The largest absolute Gasteiger partial charge is 0.493 e. The molecule has 0 N–H and O–H groups in total. The highest BCUT2D eigenvalue weighted by atomic mass is 19.1. The minimum absolute atomic E-state index is 0.0284. The number of hydrogen-bond donors (Lipinski definition) is 0. The van der Waals surface area contributed by atoms with E-state index in [1.807, 2.05) is 12.1 Å². The molecule has 1 unspecified atom stereocenters. The zero-order chi connectivity index (χ0) is 19.1. The molecule has 1 heterocycles. The third-order valence-electron chi connectivity index (χ3n) is 4.51. The summed E-state index contributed by atoms with van der Waals surface area (Å²) in [6.07, 6.45) is 1.96. The molecule has 1 fully saturated rings. The molecule has 1 saturated heterocycles. The van der Waals surface area contributed by atoms with Crippen molar-refractivity contribution in [1.82, 2.24) is 4.90 Å². The molecule has 1 amide bonds. The normalized spacial score (nSPS) is 16.1. The minimum Gasteiger partial charge on any atom is -0.493 e. The maximum Gasteiger partial charge on any atom is 0.260 e. The summed E-state index contributed by atoms with van der Waals surface area (Å²) in [5.41, 5.74) is 0.861. The van der Waals surface area contributed by atoms with Crippen LogP contribution in [0.25, 0.3) is 0 Å². The quantitative estimate of drug-likeness (QED) is 0.711. The Morgan fingerprint density at radius 1 is 1.19 bits per heavy atom. The van der Waals surface area contributed by atoms with Crippen LogP contribution in [0.4, 0.5) is 4.39 Å². The van der Waals surface area contributed by atoms with Gasteiger partial charge in [0.2, 0.25) is 0 Å². The molecule has 6 heteroatoms. The van der Waals surface area contributed by atoms with Gasteiger partial charge in [-0.3, -0.25) is 4.79 Å². The molecule has 0 spiro atoms. The van der Waals surface area contributed by atoms with Crippen molar-refractivity contribution in [2.45, 2.75) is 25.5 Å². The molecule has 3 rings (SSSR count). The molecule has 2 aromatic rings. The highest BCUT2D eigenvalue weighted by Gasteiger charge is 2.23. The summed E-state index contributed by atoms with van der Waals surface area (Å²) in [6.45, 7) is 1.50. The molecule has 5 nitrogen and oxygen atoms in total. The number of para-hydroxylation sites is 2. The number of hydrogen-bond acceptors (Lipinski definition) is 4. The second-order valence-corrected chi connectivity index (χ2v) is 6.48. The number of ether oxygens (including phenoxy) is 3. The van der Waals surface area contributed by atoms with Crippen molar-refractivity contribution >= 4 is 5.91 Å². The summed E-state index contributed by atoms with van der Waals surface area (Å²) < 4.78 is 29.8. The van der Waals surface area contributed by atoms with Crippen molar-refractivity contribution < 1.29 is 23.4 Å². The van der Waals surface area contributed by atoms with Gasteiger partial charge in [-0.25, -0.2) is 4.39 Å². The third kappa shape index (κ3) is 5.44. The summed E-state index contributed by atoms with van der Waals surface area (Å²) in [5, 5.41) is 0. The van der Waals surface area contributed by atoms with E-state index in [0.717, 1.165) is 25.0 Å². The molecule has 0 bridgehead atoms. The summed E-state index contributed by atoms with van der Waals surface area (Å²) >= 11 is 0. The number of rotatable bonds is 8. The van der Waals surface area contributed by atoms with Crippen molar-refractivity contribution in [2.75, 3.05) is 26.9 Å². The first-order valence-corrected chi connectivity index (χ1v) is 9.05. The van der Waals surface area contributed by atoms with Crippen LogP contribution in [0.1, 0.15) is 18.4 Å². The van der Waals surface area contributed by atoms with E-state index in [0.29, 0.717) is 24.6 Å². The Balaban J connectivity index is 1.66. The van der Waals surface area contributed by atoms with E-state index in [-0.39, 0.29) is 24.4 Å². The fraction of sp³-hybridized carbons (Fsp3) is 0.381. The first-order chi connectivity index (χ1) is 13.2. The average Bonchev–Trinajstić information content (AvgIpc) is 3.20. The Morgan fingerprint density at radius 2 is 1.93 bits per heavy atom. The van der Waals surface area contributed by atoms with Crippen LogP contribution in [-0.4, -0.2) is 43.8 Å². The van der Waals surface area contributed by atoms with E-state index in [4.69, 9.17) is 14.2 Å². The molecule has 1 aliphatic rings. The molecule has 144 valence electrons. The standard InChI is InChI=1S/C21H24FNO4/c1-25-19-6-2-3-7-20(19)27-15-21(24)23(14-18-5-4-12-26-18)13-16-8-10-17(22)11-9-16/h2-3,6-11,18H,4-5,12-15H2,1H3. The van der Waals surface area contributed by atoms with Gasteiger partial charge in [-0.1, -0.05) is 24.3 Å². The fourth-order valence-corrected chi connectivity index (χ4v) is 3.07. The number of carbonyl (C=O) groups is 1. The average molecular weight is 373 g/mol. The van der Waals surface area contributed by atoms with Gasteiger partial charge in [0.15, 0.2) is 18.1 Å². The van der Waals surface area contributed by atoms with Crippen molar-refractivity contribution in [3.63, 3.8) is 0 Å². The van der Waals surface area contributed by atoms with Gasteiger partial charge < -0.3 is 19.1 Å². The lowest BCUT2D eigenvalue weighted by molar-refractivity contribution is -0.135. The Kier molecular flexibility index (Phi) is 6.65. The van der Waals surface area contributed by atoms with Gasteiger partial charge in [0.1, 0.15) is 5.82 Å². The summed E-state index contributed by atoms with van der Waals surface area (Å²) in [5.74, 6) is 0.651. The van der Waals surface area contributed by atoms with E-state index < -0.39 is 0 Å². The van der Waals surface area contributed by atoms with E-state index in [2.05, 4.69) is 0 Å².